The van der Waals surface area contributed by atoms with Crippen LogP contribution in [0.3, 0.4) is 0 Å². The Kier molecular flexibility index (Phi) is 3.78. The van der Waals surface area contributed by atoms with E-state index in [0.717, 1.165) is 35.2 Å². The van der Waals surface area contributed by atoms with E-state index >= 15 is 0 Å². The van der Waals surface area contributed by atoms with Crippen molar-refractivity contribution < 1.29 is 4.79 Å². The molecule has 0 spiro atoms. The summed E-state index contributed by atoms with van der Waals surface area (Å²) < 4.78 is 0.950. The fraction of sp³-hybridized carbons (Fsp3) is 0.500. The van der Waals surface area contributed by atoms with E-state index in [-0.39, 0.29) is 11.4 Å². The third kappa shape index (κ3) is 2.93. The fourth-order valence-electron chi connectivity index (χ4n) is 2.31. The zero-order valence-corrected chi connectivity index (χ0v) is 12.7. The number of piperazine rings is 1. The third-order valence-corrected chi connectivity index (χ3v) is 3.78. The van der Waals surface area contributed by atoms with Gasteiger partial charge in [-0.15, -0.1) is 0 Å². The standard InChI is InChI=1S/C14H19BrN2O/c1-10-4-5-11(15)8-12(10)13(18)17-7-6-16-14(2,3)9-17/h4-5,8,16H,6-7,9H2,1-3H3. The molecule has 1 N–H and O–H groups in total. The molecule has 1 aromatic rings. The number of halogens is 1. The first-order chi connectivity index (χ1) is 8.39. The van der Waals surface area contributed by atoms with Crippen molar-refractivity contribution in [3.05, 3.63) is 33.8 Å². The van der Waals surface area contributed by atoms with Gasteiger partial charge in [-0.2, -0.15) is 0 Å². The molecule has 1 fully saturated rings. The highest BCUT2D eigenvalue weighted by molar-refractivity contribution is 9.10. The van der Waals surface area contributed by atoms with Crippen LogP contribution < -0.4 is 5.32 Å². The minimum atomic E-state index is -0.00612. The summed E-state index contributed by atoms with van der Waals surface area (Å²) in [6.45, 7) is 8.60. The summed E-state index contributed by atoms with van der Waals surface area (Å²) in [5, 5.41) is 3.42. The average Bonchev–Trinajstić information content (AvgIpc) is 2.30. The van der Waals surface area contributed by atoms with Crippen molar-refractivity contribution in [2.24, 2.45) is 0 Å². The van der Waals surface area contributed by atoms with Gasteiger partial charge in [-0.3, -0.25) is 4.79 Å². The Morgan fingerprint density at radius 2 is 2.17 bits per heavy atom. The Labute approximate surface area is 117 Å². The molecule has 1 aliphatic rings. The van der Waals surface area contributed by atoms with Gasteiger partial charge >= 0.3 is 0 Å². The molecule has 0 aliphatic carbocycles. The first-order valence-electron chi connectivity index (χ1n) is 6.19. The molecule has 4 heteroatoms. The molecule has 1 aromatic carbocycles. The summed E-state index contributed by atoms with van der Waals surface area (Å²) in [4.78, 5) is 14.5. The van der Waals surface area contributed by atoms with Crippen LogP contribution in [0.2, 0.25) is 0 Å². The van der Waals surface area contributed by atoms with Crippen molar-refractivity contribution in [3.8, 4) is 0 Å². The highest BCUT2D eigenvalue weighted by Gasteiger charge is 2.29. The van der Waals surface area contributed by atoms with Crippen LogP contribution in [0, 0.1) is 6.92 Å². The van der Waals surface area contributed by atoms with Gasteiger partial charge in [0.15, 0.2) is 0 Å². The largest absolute Gasteiger partial charge is 0.336 e. The minimum Gasteiger partial charge on any atom is -0.336 e. The van der Waals surface area contributed by atoms with Crippen molar-refractivity contribution >= 4 is 21.8 Å². The lowest BCUT2D eigenvalue weighted by molar-refractivity contribution is 0.0651. The Balaban J connectivity index is 2.23. The van der Waals surface area contributed by atoms with E-state index in [4.69, 9.17) is 0 Å². The summed E-state index contributed by atoms with van der Waals surface area (Å²) in [6, 6.07) is 5.85. The van der Waals surface area contributed by atoms with Gasteiger partial charge in [0, 0.05) is 35.2 Å². The van der Waals surface area contributed by atoms with Crippen molar-refractivity contribution in [1.82, 2.24) is 10.2 Å². The van der Waals surface area contributed by atoms with Gasteiger partial charge in [0.1, 0.15) is 0 Å². The second kappa shape index (κ2) is 5.02. The van der Waals surface area contributed by atoms with Crippen LogP contribution in [0.1, 0.15) is 29.8 Å². The monoisotopic (exact) mass is 310 g/mol. The van der Waals surface area contributed by atoms with E-state index in [1.165, 1.54) is 0 Å². The highest BCUT2D eigenvalue weighted by atomic mass is 79.9. The van der Waals surface area contributed by atoms with Crippen molar-refractivity contribution in [3.63, 3.8) is 0 Å². The maximum absolute atomic E-state index is 12.5. The predicted molar refractivity (Wildman–Crippen MR) is 76.9 cm³/mol. The zero-order valence-electron chi connectivity index (χ0n) is 11.1. The number of carbonyl (C=O) groups is 1. The lowest BCUT2D eigenvalue weighted by Gasteiger charge is -2.39. The van der Waals surface area contributed by atoms with E-state index in [0.29, 0.717) is 0 Å². The molecule has 1 saturated heterocycles. The quantitative estimate of drug-likeness (QED) is 0.864. The third-order valence-electron chi connectivity index (χ3n) is 3.29. The number of nitrogens with zero attached hydrogens (tertiary/aromatic N) is 1. The summed E-state index contributed by atoms with van der Waals surface area (Å²) in [6.07, 6.45) is 0. The number of aryl methyl sites for hydroxylation is 1. The van der Waals surface area contributed by atoms with E-state index in [1.54, 1.807) is 0 Å². The molecule has 1 aliphatic heterocycles. The van der Waals surface area contributed by atoms with Crippen molar-refractivity contribution in [2.75, 3.05) is 19.6 Å². The van der Waals surface area contributed by atoms with Gasteiger partial charge in [0.2, 0.25) is 0 Å². The Bertz CT molecular complexity index is 471. The van der Waals surface area contributed by atoms with Gasteiger partial charge in [0.05, 0.1) is 0 Å². The smallest absolute Gasteiger partial charge is 0.254 e. The maximum atomic E-state index is 12.5. The van der Waals surface area contributed by atoms with Crippen molar-refractivity contribution in [2.45, 2.75) is 26.3 Å². The topological polar surface area (TPSA) is 32.3 Å². The molecule has 0 radical (unpaired) electrons. The SMILES string of the molecule is Cc1ccc(Br)cc1C(=O)N1CCNC(C)(C)C1. The molecular weight excluding hydrogens is 292 g/mol. The molecule has 0 atom stereocenters. The number of hydrogen-bond acceptors (Lipinski definition) is 2. The van der Waals surface area contributed by atoms with Crippen LogP contribution >= 0.6 is 15.9 Å². The average molecular weight is 311 g/mol. The molecule has 0 unspecified atom stereocenters. The molecule has 0 aromatic heterocycles. The first kappa shape index (κ1) is 13.6. The second-order valence-electron chi connectivity index (χ2n) is 5.50. The maximum Gasteiger partial charge on any atom is 0.254 e. The van der Waals surface area contributed by atoms with Gasteiger partial charge in [-0.05, 0) is 38.5 Å². The Hall–Kier alpha value is -0.870. The van der Waals surface area contributed by atoms with Crippen LogP contribution in [0.25, 0.3) is 0 Å². The van der Waals surface area contributed by atoms with E-state index in [9.17, 15) is 4.79 Å². The summed E-state index contributed by atoms with van der Waals surface area (Å²) in [7, 11) is 0. The lowest BCUT2D eigenvalue weighted by atomic mass is 10.0. The molecular formula is C14H19BrN2O. The molecule has 0 saturated carbocycles. The van der Waals surface area contributed by atoms with Crippen LogP contribution in [-0.2, 0) is 0 Å². The Morgan fingerprint density at radius 3 is 2.83 bits per heavy atom. The molecule has 98 valence electrons. The van der Waals surface area contributed by atoms with E-state index in [1.807, 2.05) is 30.0 Å². The van der Waals surface area contributed by atoms with Crippen LogP contribution in [0.5, 0.6) is 0 Å². The zero-order chi connectivity index (χ0) is 13.3. The van der Waals surface area contributed by atoms with E-state index < -0.39 is 0 Å². The number of benzene rings is 1. The lowest BCUT2D eigenvalue weighted by Crippen LogP contribution is -2.58. The number of nitrogens with one attached hydrogen (secondary N) is 1. The normalized spacial score (nSPS) is 18.8. The minimum absolute atomic E-state index is 0.00612. The summed E-state index contributed by atoms with van der Waals surface area (Å²) >= 11 is 3.43. The van der Waals surface area contributed by atoms with Crippen LogP contribution in [-0.4, -0.2) is 36.0 Å². The van der Waals surface area contributed by atoms with Gasteiger partial charge in [-0.1, -0.05) is 22.0 Å². The van der Waals surface area contributed by atoms with Gasteiger partial charge in [0.25, 0.3) is 5.91 Å². The number of rotatable bonds is 1. The second-order valence-corrected chi connectivity index (χ2v) is 6.41. The number of amides is 1. The molecule has 2 rings (SSSR count). The number of hydrogen-bond donors (Lipinski definition) is 1. The molecule has 1 heterocycles. The fourth-order valence-corrected chi connectivity index (χ4v) is 2.67. The van der Waals surface area contributed by atoms with Gasteiger partial charge in [-0.25, -0.2) is 0 Å². The first-order valence-corrected chi connectivity index (χ1v) is 6.99. The van der Waals surface area contributed by atoms with Gasteiger partial charge < -0.3 is 10.2 Å². The summed E-state index contributed by atoms with van der Waals surface area (Å²) in [5.74, 6) is 0.128. The van der Waals surface area contributed by atoms with Crippen LogP contribution in [0.15, 0.2) is 22.7 Å². The molecule has 3 nitrogen and oxygen atoms in total. The predicted octanol–water partition coefficient (Wildman–Crippen LogP) is 2.58. The molecule has 0 bridgehead atoms. The molecule has 18 heavy (non-hydrogen) atoms. The summed E-state index contributed by atoms with van der Waals surface area (Å²) in [5.41, 5.74) is 1.81. The molecule has 1 amide bonds. The van der Waals surface area contributed by atoms with Crippen molar-refractivity contribution in [1.29, 1.82) is 0 Å². The highest BCUT2D eigenvalue weighted by Crippen LogP contribution is 2.20. The number of carbonyl (C=O) groups excluding carboxylic acids is 1. The van der Waals surface area contributed by atoms with E-state index in [2.05, 4.69) is 35.1 Å². The van der Waals surface area contributed by atoms with Crippen LogP contribution in [0.4, 0.5) is 0 Å². The Morgan fingerprint density at radius 1 is 1.44 bits per heavy atom.